The quantitative estimate of drug-likeness (QED) is 0.602. The largest absolute Gasteiger partial charge is 0.368 e. The standard InChI is InChI=1S/C20H28N6O2/c1-5-15(3)23-19-18(26(27)28)20(22-13-21-19)25-11-9-24(10-12-25)17-8-6-7-14(2)16(17)4/h6-8,13,15H,5,9-12H2,1-4H3,(H,21,22,23). The van der Waals surface area contributed by atoms with Crippen molar-refractivity contribution in [1.29, 1.82) is 0 Å². The minimum Gasteiger partial charge on any atom is -0.368 e. The smallest absolute Gasteiger partial charge is 0.353 e. The highest BCUT2D eigenvalue weighted by Gasteiger charge is 2.30. The van der Waals surface area contributed by atoms with E-state index >= 15 is 0 Å². The van der Waals surface area contributed by atoms with Gasteiger partial charge in [0.2, 0.25) is 11.6 Å². The predicted octanol–water partition coefficient (Wildman–Crippen LogP) is 3.54. The Kier molecular flexibility index (Phi) is 5.96. The molecule has 3 rings (SSSR count). The van der Waals surface area contributed by atoms with Crippen molar-refractivity contribution in [2.24, 2.45) is 0 Å². The minimum atomic E-state index is -0.378. The highest BCUT2D eigenvalue weighted by molar-refractivity contribution is 5.71. The van der Waals surface area contributed by atoms with Crippen LogP contribution in [0.2, 0.25) is 0 Å². The molecule has 1 atom stereocenters. The van der Waals surface area contributed by atoms with Gasteiger partial charge in [-0.3, -0.25) is 10.1 Å². The zero-order valence-electron chi connectivity index (χ0n) is 17.0. The third-order valence-corrected chi connectivity index (χ3v) is 5.48. The number of aromatic nitrogens is 2. The third-order valence-electron chi connectivity index (χ3n) is 5.48. The first-order chi connectivity index (χ1) is 13.4. The molecule has 0 saturated carbocycles. The fourth-order valence-electron chi connectivity index (χ4n) is 3.45. The lowest BCUT2D eigenvalue weighted by molar-refractivity contribution is -0.383. The average molecular weight is 384 g/mol. The van der Waals surface area contributed by atoms with Crippen molar-refractivity contribution in [1.82, 2.24) is 9.97 Å². The first-order valence-corrected chi connectivity index (χ1v) is 9.74. The Morgan fingerprint density at radius 2 is 1.86 bits per heavy atom. The van der Waals surface area contributed by atoms with Crippen LogP contribution in [0.4, 0.5) is 23.0 Å². The van der Waals surface area contributed by atoms with E-state index in [0.29, 0.717) is 24.7 Å². The molecule has 8 heteroatoms. The van der Waals surface area contributed by atoms with Gasteiger partial charge in [0, 0.05) is 37.9 Å². The Balaban J connectivity index is 1.81. The van der Waals surface area contributed by atoms with Crippen LogP contribution in [0.5, 0.6) is 0 Å². The third kappa shape index (κ3) is 4.00. The van der Waals surface area contributed by atoms with Crippen LogP contribution >= 0.6 is 0 Å². The van der Waals surface area contributed by atoms with E-state index in [2.05, 4.69) is 52.2 Å². The van der Waals surface area contributed by atoms with E-state index in [0.717, 1.165) is 19.5 Å². The fraction of sp³-hybridized carbons (Fsp3) is 0.500. The van der Waals surface area contributed by atoms with Crippen LogP contribution in [0.15, 0.2) is 24.5 Å². The number of hydrogen-bond acceptors (Lipinski definition) is 7. The van der Waals surface area contributed by atoms with E-state index in [1.807, 2.05) is 18.7 Å². The molecule has 2 aromatic rings. The minimum absolute atomic E-state index is 0.0389. The Morgan fingerprint density at radius 3 is 2.50 bits per heavy atom. The first-order valence-electron chi connectivity index (χ1n) is 9.74. The Labute approximate surface area is 165 Å². The molecule has 28 heavy (non-hydrogen) atoms. The number of hydrogen-bond donors (Lipinski definition) is 1. The maximum atomic E-state index is 11.8. The second-order valence-electron chi connectivity index (χ2n) is 7.30. The van der Waals surface area contributed by atoms with Crippen LogP contribution in [0.3, 0.4) is 0 Å². The Morgan fingerprint density at radius 1 is 1.18 bits per heavy atom. The molecule has 1 aliphatic rings. The number of anilines is 3. The van der Waals surface area contributed by atoms with Crippen LogP contribution < -0.4 is 15.1 Å². The zero-order valence-corrected chi connectivity index (χ0v) is 17.0. The molecular formula is C20H28N6O2. The molecule has 1 unspecified atom stereocenters. The van der Waals surface area contributed by atoms with Gasteiger partial charge in [0.05, 0.1) is 4.92 Å². The van der Waals surface area contributed by atoms with Gasteiger partial charge < -0.3 is 15.1 Å². The monoisotopic (exact) mass is 384 g/mol. The van der Waals surface area contributed by atoms with Crippen molar-refractivity contribution in [3.63, 3.8) is 0 Å². The van der Waals surface area contributed by atoms with Crippen molar-refractivity contribution < 1.29 is 4.92 Å². The number of piperazine rings is 1. The van der Waals surface area contributed by atoms with E-state index in [9.17, 15) is 10.1 Å². The highest BCUT2D eigenvalue weighted by atomic mass is 16.6. The average Bonchev–Trinajstić information content (AvgIpc) is 2.69. The SMILES string of the molecule is CCC(C)Nc1ncnc(N2CCN(c3cccc(C)c3C)CC2)c1[N+](=O)[O-]. The van der Waals surface area contributed by atoms with Crippen molar-refractivity contribution in [3.05, 3.63) is 45.8 Å². The highest BCUT2D eigenvalue weighted by Crippen LogP contribution is 2.33. The number of rotatable bonds is 6. The van der Waals surface area contributed by atoms with Crippen molar-refractivity contribution in [2.45, 2.75) is 40.2 Å². The summed E-state index contributed by atoms with van der Waals surface area (Å²) in [5.74, 6) is 0.688. The molecule has 0 bridgehead atoms. The Bertz CT molecular complexity index is 849. The van der Waals surface area contributed by atoms with E-state index in [1.165, 1.54) is 23.1 Å². The lowest BCUT2D eigenvalue weighted by atomic mass is 10.1. The molecule has 2 heterocycles. The first kappa shape index (κ1) is 19.9. The van der Waals surface area contributed by atoms with Gasteiger partial charge in [-0.25, -0.2) is 9.97 Å². The van der Waals surface area contributed by atoms with Crippen LogP contribution in [0, 0.1) is 24.0 Å². The number of aryl methyl sites for hydroxylation is 1. The van der Waals surface area contributed by atoms with Crippen molar-refractivity contribution in [3.8, 4) is 0 Å². The van der Waals surface area contributed by atoms with E-state index in [1.54, 1.807) is 0 Å². The molecule has 8 nitrogen and oxygen atoms in total. The fourth-order valence-corrected chi connectivity index (χ4v) is 3.45. The number of nitrogens with one attached hydrogen (secondary N) is 1. The zero-order chi connectivity index (χ0) is 20.3. The van der Waals surface area contributed by atoms with Crippen LogP contribution in [-0.4, -0.2) is 47.1 Å². The van der Waals surface area contributed by atoms with Crippen LogP contribution in [0.1, 0.15) is 31.4 Å². The molecule has 1 saturated heterocycles. The summed E-state index contributed by atoms with van der Waals surface area (Å²) < 4.78 is 0. The topological polar surface area (TPSA) is 87.4 Å². The lowest BCUT2D eigenvalue weighted by Gasteiger charge is -2.37. The number of nitrogens with zero attached hydrogens (tertiary/aromatic N) is 5. The van der Waals surface area contributed by atoms with Gasteiger partial charge in [0.1, 0.15) is 6.33 Å². The molecule has 0 radical (unpaired) electrons. The van der Waals surface area contributed by atoms with Gasteiger partial charge >= 0.3 is 5.69 Å². The van der Waals surface area contributed by atoms with Gasteiger partial charge in [-0.2, -0.15) is 0 Å². The Hall–Kier alpha value is -2.90. The van der Waals surface area contributed by atoms with Gasteiger partial charge in [-0.15, -0.1) is 0 Å². The summed E-state index contributed by atoms with van der Waals surface area (Å²) in [6.07, 6.45) is 2.26. The van der Waals surface area contributed by atoms with E-state index in [4.69, 9.17) is 0 Å². The van der Waals surface area contributed by atoms with E-state index < -0.39 is 0 Å². The molecule has 1 N–H and O–H groups in total. The van der Waals surface area contributed by atoms with Crippen molar-refractivity contribution in [2.75, 3.05) is 41.3 Å². The van der Waals surface area contributed by atoms with Crippen molar-refractivity contribution >= 4 is 23.0 Å². The maximum Gasteiger partial charge on any atom is 0.353 e. The predicted molar refractivity (Wildman–Crippen MR) is 112 cm³/mol. The molecule has 0 aliphatic carbocycles. The molecule has 0 spiro atoms. The normalized spacial score (nSPS) is 15.4. The molecular weight excluding hydrogens is 356 g/mol. The van der Waals surface area contributed by atoms with E-state index in [-0.39, 0.29) is 16.7 Å². The molecule has 0 amide bonds. The molecule has 1 fully saturated rings. The summed E-state index contributed by atoms with van der Waals surface area (Å²) in [7, 11) is 0. The lowest BCUT2D eigenvalue weighted by Crippen LogP contribution is -2.47. The van der Waals surface area contributed by atoms with Gasteiger partial charge in [0.25, 0.3) is 0 Å². The summed E-state index contributed by atoms with van der Waals surface area (Å²) in [4.78, 5) is 24.1. The number of nitro groups is 1. The molecule has 1 aliphatic heterocycles. The van der Waals surface area contributed by atoms with Gasteiger partial charge in [0.15, 0.2) is 0 Å². The summed E-state index contributed by atoms with van der Waals surface area (Å²) in [5.41, 5.74) is 3.75. The molecule has 150 valence electrons. The molecule has 1 aromatic heterocycles. The van der Waals surface area contributed by atoms with Crippen LogP contribution in [0.25, 0.3) is 0 Å². The van der Waals surface area contributed by atoms with Crippen LogP contribution in [-0.2, 0) is 0 Å². The maximum absolute atomic E-state index is 11.8. The second-order valence-corrected chi connectivity index (χ2v) is 7.30. The van der Waals surface area contributed by atoms with Gasteiger partial charge in [-0.05, 0) is 44.4 Å². The summed E-state index contributed by atoms with van der Waals surface area (Å²) >= 11 is 0. The summed E-state index contributed by atoms with van der Waals surface area (Å²) in [6, 6.07) is 6.43. The molecule has 1 aromatic carbocycles. The second kappa shape index (κ2) is 8.41. The number of benzene rings is 1. The van der Waals surface area contributed by atoms with Gasteiger partial charge in [-0.1, -0.05) is 19.1 Å². The summed E-state index contributed by atoms with van der Waals surface area (Å²) in [5, 5.41) is 14.9. The summed E-state index contributed by atoms with van der Waals surface area (Å²) in [6.45, 7) is 11.2.